The van der Waals surface area contributed by atoms with Crippen molar-refractivity contribution in [2.24, 2.45) is 0 Å². The fourth-order valence-corrected chi connectivity index (χ4v) is 1.63. The van der Waals surface area contributed by atoms with Crippen LogP contribution in [0.5, 0.6) is 0 Å². The maximum atomic E-state index is 10.6. The zero-order chi connectivity index (χ0) is 12.8. The number of pyridine rings is 1. The van der Waals surface area contributed by atoms with Gasteiger partial charge in [0.1, 0.15) is 0 Å². The number of nitro groups is 1. The summed E-state index contributed by atoms with van der Waals surface area (Å²) in [6, 6.07) is 10.5. The minimum Gasteiger partial charge on any atom is -0.309 e. The van der Waals surface area contributed by atoms with Crippen LogP contribution < -0.4 is 5.32 Å². The summed E-state index contributed by atoms with van der Waals surface area (Å²) < 4.78 is 0. The van der Waals surface area contributed by atoms with E-state index in [9.17, 15) is 10.1 Å². The molecule has 0 radical (unpaired) electrons. The van der Waals surface area contributed by atoms with Gasteiger partial charge >= 0.3 is 0 Å². The molecule has 0 unspecified atom stereocenters. The van der Waals surface area contributed by atoms with E-state index in [-0.39, 0.29) is 10.6 Å². The molecule has 5 heteroatoms. The largest absolute Gasteiger partial charge is 0.309 e. The molecule has 1 N–H and O–H groups in total. The average Bonchev–Trinajstić information content (AvgIpc) is 2.40. The Morgan fingerprint density at radius 2 is 1.94 bits per heavy atom. The first-order chi connectivity index (χ1) is 8.75. The molecule has 0 fully saturated rings. The molecule has 0 atom stereocenters. The van der Waals surface area contributed by atoms with Gasteiger partial charge in [-0.2, -0.15) is 0 Å². The molecule has 0 saturated heterocycles. The van der Waals surface area contributed by atoms with Crippen LogP contribution in [0.15, 0.2) is 48.8 Å². The number of aromatic nitrogens is 1. The molecular formula is C13H13N3O2. The van der Waals surface area contributed by atoms with Crippen molar-refractivity contribution in [1.82, 2.24) is 10.3 Å². The normalized spacial score (nSPS) is 10.2. The summed E-state index contributed by atoms with van der Waals surface area (Å²) in [6.07, 6.45) is 3.52. The van der Waals surface area contributed by atoms with Crippen LogP contribution in [-0.2, 0) is 13.1 Å². The van der Waals surface area contributed by atoms with Crippen molar-refractivity contribution in [3.8, 4) is 0 Å². The molecule has 18 heavy (non-hydrogen) atoms. The first-order valence-corrected chi connectivity index (χ1v) is 5.58. The Balaban J connectivity index is 1.90. The third kappa shape index (κ3) is 3.36. The average molecular weight is 243 g/mol. The minimum atomic E-state index is -0.384. The lowest BCUT2D eigenvalue weighted by Gasteiger charge is -2.04. The van der Waals surface area contributed by atoms with Crippen LogP contribution in [0.2, 0.25) is 0 Å². The van der Waals surface area contributed by atoms with Crippen molar-refractivity contribution in [2.45, 2.75) is 13.1 Å². The first kappa shape index (κ1) is 12.2. The highest BCUT2D eigenvalue weighted by molar-refractivity contribution is 5.34. The van der Waals surface area contributed by atoms with Crippen molar-refractivity contribution in [3.05, 3.63) is 70.0 Å². The first-order valence-electron chi connectivity index (χ1n) is 5.58. The highest BCUT2D eigenvalue weighted by Crippen LogP contribution is 2.12. The fourth-order valence-electron chi connectivity index (χ4n) is 1.63. The lowest BCUT2D eigenvalue weighted by molar-refractivity contribution is -0.384. The molecule has 0 bridgehead atoms. The van der Waals surface area contributed by atoms with Crippen molar-refractivity contribution in [3.63, 3.8) is 0 Å². The Bertz CT molecular complexity index is 529. The van der Waals surface area contributed by atoms with E-state index in [1.54, 1.807) is 24.5 Å². The van der Waals surface area contributed by atoms with E-state index in [1.165, 1.54) is 6.07 Å². The molecule has 1 aromatic carbocycles. The second-order valence-electron chi connectivity index (χ2n) is 3.89. The van der Waals surface area contributed by atoms with E-state index in [0.29, 0.717) is 13.1 Å². The molecule has 5 nitrogen and oxygen atoms in total. The highest BCUT2D eigenvalue weighted by Gasteiger charge is 2.04. The molecular weight excluding hydrogens is 230 g/mol. The van der Waals surface area contributed by atoms with Crippen molar-refractivity contribution < 1.29 is 4.92 Å². The van der Waals surface area contributed by atoms with E-state index in [0.717, 1.165) is 11.1 Å². The van der Waals surface area contributed by atoms with Crippen LogP contribution >= 0.6 is 0 Å². The Morgan fingerprint density at radius 3 is 2.67 bits per heavy atom. The maximum Gasteiger partial charge on any atom is 0.269 e. The van der Waals surface area contributed by atoms with E-state index < -0.39 is 0 Å². The molecule has 1 aromatic heterocycles. The van der Waals surface area contributed by atoms with Gasteiger partial charge in [0, 0.05) is 37.6 Å². The van der Waals surface area contributed by atoms with Gasteiger partial charge in [0.25, 0.3) is 5.69 Å². The van der Waals surface area contributed by atoms with Crippen molar-refractivity contribution in [1.29, 1.82) is 0 Å². The molecule has 0 aliphatic heterocycles. The van der Waals surface area contributed by atoms with Crippen LogP contribution in [0.25, 0.3) is 0 Å². The van der Waals surface area contributed by atoms with Gasteiger partial charge in [0.2, 0.25) is 0 Å². The number of hydrogen-bond donors (Lipinski definition) is 1. The molecule has 0 spiro atoms. The number of nitrogens with one attached hydrogen (secondary N) is 1. The minimum absolute atomic E-state index is 0.121. The zero-order valence-electron chi connectivity index (χ0n) is 9.74. The Hall–Kier alpha value is -2.27. The van der Waals surface area contributed by atoms with E-state index in [2.05, 4.69) is 10.3 Å². The Morgan fingerprint density at radius 1 is 1.17 bits per heavy atom. The quantitative estimate of drug-likeness (QED) is 0.646. The van der Waals surface area contributed by atoms with Gasteiger partial charge in [0.15, 0.2) is 0 Å². The standard InChI is InChI=1S/C13H13N3O2/c17-16(18)13-5-1-3-11(7-13)8-15-10-12-4-2-6-14-9-12/h1-7,9,15H,8,10H2. The zero-order valence-corrected chi connectivity index (χ0v) is 9.74. The summed E-state index contributed by atoms with van der Waals surface area (Å²) in [4.78, 5) is 14.3. The lowest BCUT2D eigenvalue weighted by atomic mass is 10.2. The topological polar surface area (TPSA) is 68.1 Å². The summed E-state index contributed by atoms with van der Waals surface area (Å²) >= 11 is 0. The molecule has 1 heterocycles. The molecule has 0 aliphatic carbocycles. The number of rotatable bonds is 5. The van der Waals surface area contributed by atoms with Gasteiger partial charge in [-0.3, -0.25) is 15.1 Å². The van der Waals surface area contributed by atoms with Gasteiger partial charge < -0.3 is 5.32 Å². The van der Waals surface area contributed by atoms with Crippen molar-refractivity contribution in [2.75, 3.05) is 0 Å². The smallest absolute Gasteiger partial charge is 0.269 e. The monoisotopic (exact) mass is 243 g/mol. The highest BCUT2D eigenvalue weighted by atomic mass is 16.6. The number of nitrogens with zero attached hydrogens (tertiary/aromatic N) is 2. The second-order valence-corrected chi connectivity index (χ2v) is 3.89. The molecule has 0 saturated carbocycles. The summed E-state index contributed by atoms with van der Waals surface area (Å²) in [5, 5.41) is 13.8. The van der Waals surface area contributed by atoms with Crippen molar-refractivity contribution >= 4 is 5.69 Å². The number of benzene rings is 1. The fraction of sp³-hybridized carbons (Fsp3) is 0.154. The van der Waals surface area contributed by atoms with Gasteiger partial charge in [-0.05, 0) is 17.2 Å². The van der Waals surface area contributed by atoms with Crippen LogP contribution in [-0.4, -0.2) is 9.91 Å². The van der Waals surface area contributed by atoms with Crippen LogP contribution in [0.3, 0.4) is 0 Å². The summed E-state index contributed by atoms with van der Waals surface area (Å²) in [5.74, 6) is 0. The summed E-state index contributed by atoms with van der Waals surface area (Å²) in [5.41, 5.74) is 2.10. The van der Waals surface area contributed by atoms with Crippen LogP contribution in [0.4, 0.5) is 5.69 Å². The van der Waals surface area contributed by atoms with Crippen LogP contribution in [0.1, 0.15) is 11.1 Å². The number of non-ortho nitro benzene ring substituents is 1. The second kappa shape index (κ2) is 5.88. The van der Waals surface area contributed by atoms with E-state index in [1.807, 2.05) is 18.2 Å². The Kier molecular flexibility index (Phi) is 3.98. The molecule has 0 amide bonds. The molecule has 2 aromatic rings. The van der Waals surface area contributed by atoms with E-state index in [4.69, 9.17) is 0 Å². The molecule has 2 rings (SSSR count). The van der Waals surface area contributed by atoms with Gasteiger partial charge in [0.05, 0.1) is 4.92 Å². The predicted molar refractivity (Wildman–Crippen MR) is 67.9 cm³/mol. The molecule has 0 aliphatic rings. The number of hydrogen-bond acceptors (Lipinski definition) is 4. The van der Waals surface area contributed by atoms with Gasteiger partial charge in [-0.1, -0.05) is 18.2 Å². The third-order valence-electron chi connectivity index (χ3n) is 2.50. The van der Waals surface area contributed by atoms with Gasteiger partial charge in [-0.25, -0.2) is 0 Å². The number of nitro benzene ring substituents is 1. The van der Waals surface area contributed by atoms with Gasteiger partial charge in [-0.15, -0.1) is 0 Å². The third-order valence-corrected chi connectivity index (χ3v) is 2.50. The SMILES string of the molecule is O=[N+]([O-])c1cccc(CNCc2cccnc2)c1. The lowest BCUT2D eigenvalue weighted by Crippen LogP contribution is -2.12. The summed E-state index contributed by atoms with van der Waals surface area (Å²) in [6.45, 7) is 1.28. The van der Waals surface area contributed by atoms with E-state index >= 15 is 0 Å². The summed E-state index contributed by atoms with van der Waals surface area (Å²) in [7, 11) is 0. The van der Waals surface area contributed by atoms with Crippen LogP contribution in [0, 0.1) is 10.1 Å². The molecule has 92 valence electrons. The Labute approximate surface area is 105 Å². The maximum absolute atomic E-state index is 10.6. The predicted octanol–water partition coefficient (Wildman–Crippen LogP) is 2.28.